The molecule has 15 heavy (non-hydrogen) atoms. The first kappa shape index (κ1) is 12.3. The number of rotatable bonds is 4. The fourth-order valence-corrected chi connectivity index (χ4v) is 3.13. The Balaban J connectivity index is 2.61. The summed E-state index contributed by atoms with van der Waals surface area (Å²) in [6.45, 7) is 0. The summed E-state index contributed by atoms with van der Waals surface area (Å²) in [5, 5.41) is 0. The largest absolute Gasteiger partial charge is 0.398 e. The Morgan fingerprint density at radius 1 is 1.47 bits per heavy atom. The molecule has 0 fully saturated rings. The standard InChI is InChI=1S/C9H12FNO2S2/c1-15(12,13)5-4-14-9-6-7(10)2-3-8(9)11/h2-3,6H,4-5,11H2,1H3. The highest BCUT2D eigenvalue weighted by atomic mass is 32.2. The van der Waals surface area contributed by atoms with Gasteiger partial charge in [0.15, 0.2) is 0 Å². The maximum Gasteiger partial charge on any atom is 0.148 e. The maximum absolute atomic E-state index is 12.8. The van der Waals surface area contributed by atoms with Gasteiger partial charge in [-0.05, 0) is 18.2 Å². The average molecular weight is 249 g/mol. The molecular weight excluding hydrogens is 237 g/mol. The molecule has 0 radical (unpaired) electrons. The number of benzene rings is 1. The summed E-state index contributed by atoms with van der Waals surface area (Å²) in [5.74, 6) is 0.0752. The molecule has 1 aromatic rings. The molecular formula is C9H12FNO2S2. The summed E-state index contributed by atoms with van der Waals surface area (Å²) < 4.78 is 34.5. The van der Waals surface area contributed by atoms with E-state index in [4.69, 9.17) is 5.73 Å². The van der Waals surface area contributed by atoms with E-state index in [9.17, 15) is 12.8 Å². The summed E-state index contributed by atoms with van der Waals surface area (Å²) in [5.41, 5.74) is 6.07. The van der Waals surface area contributed by atoms with Crippen LogP contribution < -0.4 is 5.73 Å². The average Bonchev–Trinajstić information content (AvgIpc) is 2.09. The molecule has 3 nitrogen and oxygen atoms in total. The van der Waals surface area contributed by atoms with E-state index in [1.54, 1.807) is 0 Å². The summed E-state index contributed by atoms with van der Waals surface area (Å²) in [6.07, 6.45) is 1.17. The van der Waals surface area contributed by atoms with E-state index in [0.717, 1.165) is 0 Å². The molecule has 0 aliphatic heterocycles. The van der Waals surface area contributed by atoms with Crippen LogP contribution in [0.15, 0.2) is 23.1 Å². The normalized spacial score (nSPS) is 11.6. The molecule has 0 aliphatic carbocycles. The Kier molecular flexibility index (Phi) is 3.98. The summed E-state index contributed by atoms with van der Waals surface area (Å²) >= 11 is 1.24. The van der Waals surface area contributed by atoms with Crippen LogP contribution in [0.2, 0.25) is 0 Å². The Morgan fingerprint density at radius 2 is 2.13 bits per heavy atom. The first-order valence-corrected chi connectivity index (χ1v) is 7.28. The first-order chi connectivity index (χ1) is 6.88. The lowest BCUT2D eigenvalue weighted by molar-refractivity contribution is 0.603. The van der Waals surface area contributed by atoms with Crippen LogP contribution in [-0.2, 0) is 9.84 Å². The van der Waals surface area contributed by atoms with Crippen molar-refractivity contribution in [1.29, 1.82) is 0 Å². The van der Waals surface area contributed by atoms with Crippen LogP contribution >= 0.6 is 11.8 Å². The third-order valence-corrected chi connectivity index (χ3v) is 3.96. The second-order valence-electron chi connectivity index (χ2n) is 3.16. The molecule has 0 aromatic heterocycles. The van der Waals surface area contributed by atoms with Gasteiger partial charge in [0.25, 0.3) is 0 Å². The minimum Gasteiger partial charge on any atom is -0.398 e. The minimum absolute atomic E-state index is 0.0631. The highest BCUT2D eigenvalue weighted by Gasteiger charge is 2.05. The lowest BCUT2D eigenvalue weighted by atomic mass is 10.3. The first-order valence-electron chi connectivity index (χ1n) is 4.24. The van der Waals surface area contributed by atoms with Gasteiger partial charge in [0.05, 0.1) is 5.75 Å². The van der Waals surface area contributed by atoms with Crippen molar-refractivity contribution < 1.29 is 12.8 Å². The van der Waals surface area contributed by atoms with Crippen LogP contribution in [0.3, 0.4) is 0 Å². The van der Waals surface area contributed by atoms with Crippen molar-refractivity contribution in [2.45, 2.75) is 4.90 Å². The van der Waals surface area contributed by atoms with E-state index < -0.39 is 9.84 Å². The predicted octanol–water partition coefficient (Wildman–Crippen LogP) is 1.54. The van der Waals surface area contributed by atoms with E-state index in [1.165, 1.54) is 36.2 Å². The number of nitrogens with two attached hydrogens (primary N) is 1. The summed E-state index contributed by atoms with van der Waals surface area (Å²) in [6, 6.07) is 4.05. The van der Waals surface area contributed by atoms with Gasteiger partial charge in [0.1, 0.15) is 15.7 Å². The van der Waals surface area contributed by atoms with Gasteiger partial charge in [-0.3, -0.25) is 0 Å². The van der Waals surface area contributed by atoms with Crippen LogP contribution in [0.1, 0.15) is 0 Å². The van der Waals surface area contributed by atoms with Crippen LogP contribution in [0.25, 0.3) is 0 Å². The second-order valence-corrected chi connectivity index (χ2v) is 6.56. The number of thioether (sulfide) groups is 1. The van der Waals surface area contributed by atoms with Crippen molar-refractivity contribution in [3.05, 3.63) is 24.0 Å². The third kappa shape index (κ3) is 4.53. The van der Waals surface area contributed by atoms with E-state index in [1.807, 2.05) is 0 Å². The molecule has 0 unspecified atom stereocenters. The van der Waals surface area contributed by atoms with Gasteiger partial charge in [0, 0.05) is 22.6 Å². The summed E-state index contributed by atoms with van der Waals surface area (Å²) in [4.78, 5) is 0.582. The lowest BCUT2D eigenvalue weighted by Crippen LogP contribution is -2.05. The maximum atomic E-state index is 12.8. The molecule has 0 aliphatic rings. The Bertz CT molecular complexity index is 445. The van der Waals surface area contributed by atoms with Gasteiger partial charge in [-0.25, -0.2) is 12.8 Å². The predicted molar refractivity (Wildman–Crippen MR) is 61.2 cm³/mol. The van der Waals surface area contributed by atoms with Crippen molar-refractivity contribution in [3.8, 4) is 0 Å². The van der Waals surface area contributed by atoms with Gasteiger partial charge < -0.3 is 5.73 Å². The highest BCUT2D eigenvalue weighted by molar-refractivity contribution is 8.00. The Labute approximate surface area is 92.8 Å². The van der Waals surface area contributed by atoms with Crippen LogP contribution in [0.4, 0.5) is 10.1 Å². The lowest BCUT2D eigenvalue weighted by Gasteiger charge is -2.04. The van der Waals surface area contributed by atoms with Crippen molar-refractivity contribution in [3.63, 3.8) is 0 Å². The molecule has 0 amide bonds. The molecule has 0 atom stereocenters. The topological polar surface area (TPSA) is 60.2 Å². The molecule has 84 valence electrons. The molecule has 6 heteroatoms. The van der Waals surface area contributed by atoms with Crippen molar-refractivity contribution in [2.75, 3.05) is 23.5 Å². The van der Waals surface area contributed by atoms with Crippen LogP contribution in [0, 0.1) is 5.82 Å². The van der Waals surface area contributed by atoms with Gasteiger partial charge in [-0.2, -0.15) is 0 Å². The smallest absolute Gasteiger partial charge is 0.148 e. The molecule has 2 N–H and O–H groups in total. The fourth-order valence-electron chi connectivity index (χ4n) is 0.936. The highest BCUT2D eigenvalue weighted by Crippen LogP contribution is 2.25. The van der Waals surface area contributed by atoms with E-state index in [2.05, 4.69) is 0 Å². The molecule has 1 rings (SSSR count). The Morgan fingerprint density at radius 3 is 2.73 bits per heavy atom. The van der Waals surface area contributed by atoms with Crippen LogP contribution in [0.5, 0.6) is 0 Å². The molecule has 0 saturated carbocycles. The summed E-state index contributed by atoms with van der Waals surface area (Å²) in [7, 11) is -2.97. The van der Waals surface area contributed by atoms with Crippen molar-refractivity contribution in [2.24, 2.45) is 0 Å². The number of hydrogen-bond donors (Lipinski definition) is 1. The zero-order chi connectivity index (χ0) is 11.5. The molecule has 1 aromatic carbocycles. The van der Waals surface area contributed by atoms with Gasteiger partial charge in [0.2, 0.25) is 0 Å². The number of hydrogen-bond acceptors (Lipinski definition) is 4. The van der Waals surface area contributed by atoms with Gasteiger partial charge >= 0.3 is 0 Å². The quantitative estimate of drug-likeness (QED) is 0.649. The van der Waals surface area contributed by atoms with Crippen LogP contribution in [-0.4, -0.2) is 26.2 Å². The number of halogens is 1. The SMILES string of the molecule is CS(=O)(=O)CCSc1cc(F)ccc1N. The zero-order valence-corrected chi connectivity index (χ0v) is 9.87. The monoisotopic (exact) mass is 249 g/mol. The van der Waals surface area contributed by atoms with E-state index in [-0.39, 0.29) is 11.6 Å². The van der Waals surface area contributed by atoms with Crippen molar-refractivity contribution in [1.82, 2.24) is 0 Å². The van der Waals surface area contributed by atoms with Gasteiger partial charge in [-0.15, -0.1) is 11.8 Å². The fraction of sp³-hybridized carbons (Fsp3) is 0.333. The van der Waals surface area contributed by atoms with Gasteiger partial charge in [-0.1, -0.05) is 0 Å². The number of nitrogen functional groups attached to an aromatic ring is 1. The minimum atomic E-state index is -2.97. The number of sulfone groups is 1. The zero-order valence-electron chi connectivity index (χ0n) is 8.23. The third-order valence-electron chi connectivity index (χ3n) is 1.69. The number of anilines is 1. The van der Waals surface area contributed by atoms with Crippen molar-refractivity contribution >= 4 is 27.3 Å². The van der Waals surface area contributed by atoms with E-state index >= 15 is 0 Å². The Hall–Kier alpha value is -0.750. The molecule has 0 saturated heterocycles. The molecule has 0 spiro atoms. The molecule has 0 heterocycles. The van der Waals surface area contributed by atoms with E-state index in [0.29, 0.717) is 16.3 Å². The molecule has 0 bridgehead atoms. The second kappa shape index (κ2) is 4.85.